The van der Waals surface area contributed by atoms with E-state index in [0.717, 1.165) is 37.9 Å². The molecule has 0 spiro atoms. The Balaban J connectivity index is 1.44. The molecule has 1 N–H and O–H groups in total. The van der Waals surface area contributed by atoms with E-state index in [9.17, 15) is 9.18 Å². The van der Waals surface area contributed by atoms with Crippen LogP contribution >= 0.6 is 0 Å². The number of hydrogen-bond acceptors (Lipinski definition) is 4. The molecule has 0 bridgehead atoms. The number of amides is 2. The lowest BCUT2D eigenvalue weighted by molar-refractivity contribution is 0.161. The summed E-state index contributed by atoms with van der Waals surface area (Å²) in [6.45, 7) is 2.80. The van der Waals surface area contributed by atoms with Gasteiger partial charge in [0.05, 0.1) is 18.9 Å². The van der Waals surface area contributed by atoms with Crippen LogP contribution in [0.2, 0.25) is 0 Å². The third kappa shape index (κ3) is 3.66. The third-order valence-electron chi connectivity index (χ3n) is 5.53. The molecule has 7 nitrogen and oxygen atoms in total. The molecule has 2 aromatic heterocycles. The fourth-order valence-electron chi connectivity index (χ4n) is 3.89. The van der Waals surface area contributed by atoms with Crippen LogP contribution in [0.3, 0.4) is 0 Å². The van der Waals surface area contributed by atoms with Gasteiger partial charge in [0.1, 0.15) is 5.82 Å². The highest BCUT2D eigenvalue weighted by Crippen LogP contribution is 2.27. The van der Waals surface area contributed by atoms with Gasteiger partial charge in [0, 0.05) is 48.5 Å². The number of carbonyl (C=O) groups excluding carboxylic acids is 1. The van der Waals surface area contributed by atoms with Crippen molar-refractivity contribution >= 4 is 23.1 Å². The first-order valence-electron chi connectivity index (χ1n) is 10.2. The first-order valence-corrected chi connectivity index (χ1v) is 10.2. The smallest absolute Gasteiger partial charge is 0.321 e. The summed E-state index contributed by atoms with van der Waals surface area (Å²) in [5, 5.41) is 2.86. The molecule has 0 saturated carbocycles. The summed E-state index contributed by atoms with van der Waals surface area (Å²) in [6.07, 6.45) is 10.4. The first-order chi connectivity index (χ1) is 14.7. The SMILES string of the molecule is O=C(Nc1ccc(F)c(-c2cn3cc(C4=CCOCC4)cnc3n2)c1)N1CCCC1. The van der Waals surface area contributed by atoms with E-state index in [1.807, 2.05) is 6.20 Å². The topological polar surface area (TPSA) is 71.8 Å². The van der Waals surface area contributed by atoms with Crippen LogP contribution in [-0.2, 0) is 4.74 Å². The maximum atomic E-state index is 14.6. The Morgan fingerprint density at radius 3 is 2.87 bits per heavy atom. The number of fused-ring (bicyclic) bond motifs is 1. The highest BCUT2D eigenvalue weighted by Gasteiger charge is 2.19. The Morgan fingerprint density at radius 1 is 1.20 bits per heavy atom. The average Bonchev–Trinajstić information content (AvgIpc) is 3.45. The summed E-state index contributed by atoms with van der Waals surface area (Å²) in [5.74, 6) is 0.0947. The van der Waals surface area contributed by atoms with Crippen LogP contribution in [0, 0.1) is 5.82 Å². The van der Waals surface area contributed by atoms with Gasteiger partial charge in [0.2, 0.25) is 5.78 Å². The van der Waals surface area contributed by atoms with Crippen molar-refractivity contribution in [2.75, 3.05) is 31.6 Å². The minimum atomic E-state index is -0.398. The summed E-state index contributed by atoms with van der Waals surface area (Å²) in [6, 6.07) is 4.38. The van der Waals surface area contributed by atoms with E-state index in [1.165, 1.54) is 11.6 Å². The number of nitrogens with zero attached hydrogens (tertiary/aromatic N) is 4. The maximum Gasteiger partial charge on any atom is 0.321 e. The highest BCUT2D eigenvalue weighted by atomic mass is 19.1. The molecule has 8 heteroatoms. The number of nitrogens with one attached hydrogen (secondary N) is 1. The molecule has 4 heterocycles. The molecule has 1 aromatic carbocycles. The standard InChI is InChI=1S/C22H22FN5O2/c23-19-4-3-17(25-22(29)27-7-1-2-8-27)11-18(19)20-14-28-13-16(12-24-21(28)26-20)15-5-9-30-10-6-15/h3-5,11-14H,1-2,6-10H2,(H,25,29). The normalized spacial score (nSPS) is 16.7. The molecular weight excluding hydrogens is 385 g/mol. The van der Waals surface area contributed by atoms with E-state index in [2.05, 4.69) is 21.4 Å². The van der Waals surface area contributed by atoms with Crippen molar-refractivity contribution in [3.63, 3.8) is 0 Å². The molecule has 1 saturated heterocycles. The number of carbonyl (C=O) groups is 1. The lowest BCUT2D eigenvalue weighted by Crippen LogP contribution is -2.32. The van der Waals surface area contributed by atoms with E-state index < -0.39 is 5.82 Å². The van der Waals surface area contributed by atoms with Gasteiger partial charge in [-0.05, 0) is 43.0 Å². The quantitative estimate of drug-likeness (QED) is 0.713. The Hall–Kier alpha value is -3.26. The van der Waals surface area contributed by atoms with Crippen molar-refractivity contribution < 1.29 is 13.9 Å². The molecule has 1 fully saturated rings. The van der Waals surface area contributed by atoms with Crippen molar-refractivity contribution in [3.8, 4) is 11.3 Å². The van der Waals surface area contributed by atoms with E-state index in [1.54, 1.807) is 33.8 Å². The van der Waals surface area contributed by atoms with Crippen molar-refractivity contribution in [2.45, 2.75) is 19.3 Å². The second-order valence-corrected chi connectivity index (χ2v) is 7.55. The van der Waals surface area contributed by atoms with Crippen LogP contribution in [-0.4, -0.2) is 51.6 Å². The number of halogens is 1. The number of imidazole rings is 1. The molecule has 5 rings (SSSR count). The molecule has 3 aromatic rings. The number of aromatic nitrogens is 3. The van der Waals surface area contributed by atoms with E-state index in [4.69, 9.17) is 4.74 Å². The number of hydrogen-bond donors (Lipinski definition) is 1. The number of benzene rings is 1. The minimum absolute atomic E-state index is 0.156. The Kier molecular flexibility index (Phi) is 4.92. The van der Waals surface area contributed by atoms with Gasteiger partial charge in [-0.3, -0.25) is 4.40 Å². The minimum Gasteiger partial charge on any atom is -0.377 e. The number of ether oxygens (including phenoxy) is 1. The Bertz CT molecular complexity index is 1130. The maximum absolute atomic E-state index is 14.6. The molecule has 0 aliphatic carbocycles. The van der Waals surface area contributed by atoms with Gasteiger partial charge in [0.25, 0.3) is 0 Å². The van der Waals surface area contributed by atoms with Gasteiger partial charge in [-0.15, -0.1) is 0 Å². The zero-order valence-corrected chi connectivity index (χ0v) is 16.5. The van der Waals surface area contributed by atoms with Crippen LogP contribution in [0.1, 0.15) is 24.8 Å². The van der Waals surface area contributed by atoms with Crippen LogP contribution in [0.4, 0.5) is 14.9 Å². The van der Waals surface area contributed by atoms with Gasteiger partial charge in [-0.2, -0.15) is 0 Å². The van der Waals surface area contributed by atoms with Crippen LogP contribution in [0.25, 0.3) is 22.6 Å². The van der Waals surface area contributed by atoms with Crippen LogP contribution in [0.15, 0.2) is 42.9 Å². The molecule has 2 amide bonds. The lowest BCUT2D eigenvalue weighted by atomic mass is 10.1. The Labute approximate surface area is 173 Å². The van der Waals surface area contributed by atoms with Crippen molar-refractivity contribution in [1.29, 1.82) is 0 Å². The molecule has 0 radical (unpaired) electrons. The first kappa shape index (κ1) is 18.7. The van der Waals surface area contributed by atoms with Gasteiger partial charge < -0.3 is 15.0 Å². The number of likely N-dealkylation sites (tertiary alicyclic amines) is 1. The van der Waals surface area contributed by atoms with Gasteiger partial charge in [-0.25, -0.2) is 19.2 Å². The fourth-order valence-corrected chi connectivity index (χ4v) is 3.89. The third-order valence-corrected chi connectivity index (χ3v) is 5.53. The lowest BCUT2D eigenvalue weighted by Gasteiger charge is -2.16. The molecule has 2 aliphatic rings. The summed E-state index contributed by atoms with van der Waals surface area (Å²) < 4.78 is 21.7. The zero-order valence-electron chi connectivity index (χ0n) is 16.5. The molecule has 0 unspecified atom stereocenters. The summed E-state index contributed by atoms with van der Waals surface area (Å²) in [5.41, 5.74) is 3.52. The molecule has 0 atom stereocenters. The molecule has 154 valence electrons. The second-order valence-electron chi connectivity index (χ2n) is 7.55. The number of rotatable bonds is 3. The Morgan fingerprint density at radius 2 is 2.07 bits per heavy atom. The summed E-state index contributed by atoms with van der Waals surface area (Å²) in [4.78, 5) is 23.0. The molecular formula is C22H22FN5O2. The van der Waals surface area contributed by atoms with Gasteiger partial charge in [0.15, 0.2) is 0 Å². The summed E-state index contributed by atoms with van der Waals surface area (Å²) >= 11 is 0. The predicted octanol–water partition coefficient (Wildman–Crippen LogP) is 3.97. The molecule has 2 aliphatic heterocycles. The number of anilines is 1. The van der Waals surface area contributed by atoms with Crippen molar-refractivity contribution in [2.24, 2.45) is 0 Å². The second kappa shape index (κ2) is 7.87. The van der Waals surface area contributed by atoms with Crippen molar-refractivity contribution in [1.82, 2.24) is 19.3 Å². The van der Waals surface area contributed by atoms with E-state index in [-0.39, 0.29) is 6.03 Å². The van der Waals surface area contributed by atoms with Crippen LogP contribution in [0.5, 0.6) is 0 Å². The van der Waals surface area contributed by atoms with E-state index >= 15 is 0 Å². The van der Waals surface area contributed by atoms with Gasteiger partial charge in [-0.1, -0.05) is 6.08 Å². The van der Waals surface area contributed by atoms with Crippen molar-refractivity contribution in [3.05, 3.63) is 54.2 Å². The summed E-state index contributed by atoms with van der Waals surface area (Å²) in [7, 11) is 0. The largest absolute Gasteiger partial charge is 0.377 e. The fraction of sp³-hybridized carbons (Fsp3) is 0.318. The van der Waals surface area contributed by atoms with Crippen LogP contribution < -0.4 is 5.32 Å². The highest BCUT2D eigenvalue weighted by molar-refractivity contribution is 5.90. The predicted molar refractivity (Wildman–Crippen MR) is 112 cm³/mol. The molecule has 30 heavy (non-hydrogen) atoms. The number of urea groups is 1. The zero-order chi connectivity index (χ0) is 20.5. The van der Waals surface area contributed by atoms with Gasteiger partial charge >= 0.3 is 6.03 Å². The monoisotopic (exact) mass is 407 g/mol. The van der Waals surface area contributed by atoms with E-state index in [0.29, 0.717) is 35.9 Å². The average molecular weight is 407 g/mol.